The summed E-state index contributed by atoms with van der Waals surface area (Å²) in [4.78, 5) is 24.4. The summed E-state index contributed by atoms with van der Waals surface area (Å²) >= 11 is 0. The Balaban J connectivity index is 1.66. The van der Waals surface area contributed by atoms with Crippen molar-refractivity contribution in [3.63, 3.8) is 0 Å². The summed E-state index contributed by atoms with van der Waals surface area (Å²) in [5.74, 6) is -0.226. The van der Waals surface area contributed by atoms with Gasteiger partial charge in [-0.3, -0.25) is 9.59 Å². The lowest BCUT2D eigenvalue weighted by Crippen LogP contribution is -2.33. The van der Waals surface area contributed by atoms with E-state index in [1.165, 1.54) is 17.4 Å². The van der Waals surface area contributed by atoms with Gasteiger partial charge in [-0.05, 0) is 48.2 Å². The Hall–Kier alpha value is -3.34. The second-order valence-electron chi connectivity index (χ2n) is 6.74. The topological polar surface area (TPSA) is 71.3 Å². The summed E-state index contributed by atoms with van der Waals surface area (Å²) in [6, 6.07) is 19.1. The van der Waals surface area contributed by atoms with Gasteiger partial charge in [-0.2, -0.15) is 0 Å². The first-order chi connectivity index (χ1) is 13.5. The SMILES string of the molecule is Cc1ccc(C(NC(=O)CCNC(=O)c2ccco2)c2ccccc2)cc1C. The zero-order valence-electron chi connectivity index (χ0n) is 16.1. The van der Waals surface area contributed by atoms with Crippen LogP contribution in [0.5, 0.6) is 0 Å². The summed E-state index contributed by atoms with van der Waals surface area (Å²) < 4.78 is 5.04. The molecule has 5 nitrogen and oxygen atoms in total. The first-order valence-corrected chi connectivity index (χ1v) is 9.28. The van der Waals surface area contributed by atoms with Gasteiger partial charge in [0.15, 0.2) is 5.76 Å². The Morgan fingerprint density at radius 1 is 0.929 bits per heavy atom. The lowest BCUT2D eigenvalue weighted by Gasteiger charge is -2.21. The van der Waals surface area contributed by atoms with Crippen LogP contribution in [0.1, 0.15) is 45.3 Å². The second kappa shape index (κ2) is 9.04. The minimum Gasteiger partial charge on any atom is -0.459 e. The maximum Gasteiger partial charge on any atom is 0.286 e. The maximum absolute atomic E-state index is 12.5. The molecule has 3 rings (SSSR count). The number of nitrogens with one attached hydrogen (secondary N) is 2. The molecule has 0 fully saturated rings. The van der Waals surface area contributed by atoms with E-state index in [-0.39, 0.29) is 36.6 Å². The summed E-state index contributed by atoms with van der Waals surface area (Å²) in [7, 11) is 0. The van der Waals surface area contributed by atoms with E-state index in [1.54, 1.807) is 12.1 Å². The van der Waals surface area contributed by atoms with Crippen molar-refractivity contribution in [3.05, 3.63) is 94.9 Å². The van der Waals surface area contributed by atoms with Crippen molar-refractivity contribution >= 4 is 11.8 Å². The van der Waals surface area contributed by atoms with E-state index >= 15 is 0 Å². The minimum absolute atomic E-state index is 0.133. The van der Waals surface area contributed by atoms with E-state index in [0.717, 1.165) is 11.1 Å². The molecule has 0 aliphatic rings. The average Bonchev–Trinajstić information content (AvgIpc) is 3.24. The molecule has 0 saturated heterocycles. The van der Waals surface area contributed by atoms with Gasteiger partial charge >= 0.3 is 0 Å². The smallest absolute Gasteiger partial charge is 0.286 e. The third kappa shape index (κ3) is 4.88. The molecule has 0 spiro atoms. The number of rotatable bonds is 7. The molecule has 5 heteroatoms. The Bertz CT molecular complexity index is 934. The highest BCUT2D eigenvalue weighted by atomic mass is 16.3. The number of amides is 2. The molecule has 0 aliphatic heterocycles. The Kier molecular flexibility index (Phi) is 6.27. The first-order valence-electron chi connectivity index (χ1n) is 9.28. The van der Waals surface area contributed by atoms with Gasteiger partial charge in [0.2, 0.25) is 5.91 Å². The fourth-order valence-electron chi connectivity index (χ4n) is 2.97. The van der Waals surface area contributed by atoms with Gasteiger partial charge in [-0.1, -0.05) is 48.5 Å². The van der Waals surface area contributed by atoms with E-state index in [1.807, 2.05) is 36.4 Å². The number of hydrogen-bond acceptors (Lipinski definition) is 3. The van der Waals surface area contributed by atoms with Gasteiger partial charge in [0.25, 0.3) is 5.91 Å². The van der Waals surface area contributed by atoms with Gasteiger partial charge in [0.1, 0.15) is 0 Å². The predicted octanol–water partition coefficient (Wildman–Crippen LogP) is 3.92. The van der Waals surface area contributed by atoms with E-state index in [0.29, 0.717) is 0 Å². The molecule has 2 aromatic carbocycles. The lowest BCUT2D eigenvalue weighted by molar-refractivity contribution is -0.121. The predicted molar refractivity (Wildman–Crippen MR) is 108 cm³/mol. The van der Waals surface area contributed by atoms with Crippen LogP contribution in [0.25, 0.3) is 0 Å². The van der Waals surface area contributed by atoms with Crippen LogP contribution in [-0.2, 0) is 4.79 Å². The summed E-state index contributed by atoms with van der Waals surface area (Å²) in [6.07, 6.45) is 1.62. The minimum atomic E-state index is -0.327. The largest absolute Gasteiger partial charge is 0.459 e. The standard InChI is InChI=1S/C23H24N2O3/c1-16-10-11-19(15-17(16)2)22(18-7-4-3-5-8-18)25-21(26)12-13-24-23(27)20-9-6-14-28-20/h3-11,14-15,22H,12-13H2,1-2H3,(H,24,27)(H,25,26). The molecule has 0 aliphatic carbocycles. The van der Waals surface area contributed by atoms with Crippen LogP contribution < -0.4 is 10.6 Å². The van der Waals surface area contributed by atoms with Crippen LogP contribution in [0.15, 0.2) is 71.3 Å². The fraction of sp³-hybridized carbons (Fsp3) is 0.217. The first kappa shape index (κ1) is 19.4. The lowest BCUT2D eigenvalue weighted by atomic mass is 9.95. The number of hydrogen-bond donors (Lipinski definition) is 2. The van der Waals surface area contributed by atoms with E-state index in [2.05, 4.69) is 36.6 Å². The van der Waals surface area contributed by atoms with Gasteiger partial charge in [0.05, 0.1) is 12.3 Å². The zero-order valence-corrected chi connectivity index (χ0v) is 16.1. The van der Waals surface area contributed by atoms with Crippen molar-refractivity contribution in [2.24, 2.45) is 0 Å². The average molecular weight is 376 g/mol. The van der Waals surface area contributed by atoms with Crippen molar-refractivity contribution in [1.29, 1.82) is 0 Å². The van der Waals surface area contributed by atoms with Crippen LogP contribution in [0.3, 0.4) is 0 Å². The molecule has 2 amide bonds. The van der Waals surface area contributed by atoms with Crippen molar-refractivity contribution in [2.75, 3.05) is 6.54 Å². The molecule has 28 heavy (non-hydrogen) atoms. The van der Waals surface area contributed by atoms with Crippen LogP contribution in [0.4, 0.5) is 0 Å². The fourth-order valence-corrected chi connectivity index (χ4v) is 2.97. The quantitative estimate of drug-likeness (QED) is 0.656. The Morgan fingerprint density at radius 2 is 1.71 bits per heavy atom. The molecule has 1 atom stereocenters. The molecule has 0 saturated carbocycles. The van der Waals surface area contributed by atoms with Crippen molar-refractivity contribution in [3.8, 4) is 0 Å². The summed E-state index contributed by atoms with van der Waals surface area (Å²) in [6.45, 7) is 4.36. The zero-order chi connectivity index (χ0) is 19.9. The maximum atomic E-state index is 12.5. The highest BCUT2D eigenvalue weighted by Gasteiger charge is 2.17. The second-order valence-corrected chi connectivity index (χ2v) is 6.74. The van der Waals surface area contributed by atoms with Crippen LogP contribution >= 0.6 is 0 Å². The molecule has 1 aromatic heterocycles. The van der Waals surface area contributed by atoms with Crippen LogP contribution in [0.2, 0.25) is 0 Å². The molecule has 1 heterocycles. The van der Waals surface area contributed by atoms with Crippen LogP contribution in [0, 0.1) is 13.8 Å². The van der Waals surface area contributed by atoms with Gasteiger partial charge in [-0.25, -0.2) is 0 Å². The highest BCUT2D eigenvalue weighted by molar-refractivity contribution is 5.91. The van der Waals surface area contributed by atoms with E-state index in [9.17, 15) is 9.59 Å². The van der Waals surface area contributed by atoms with Crippen molar-refractivity contribution in [2.45, 2.75) is 26.3 Å². The summed E-state index contributed by atoms with van der Waals surface area (Å²) in [5, 5.41) is 5.78. The molecule has 2 N–H and O–H groups in total. The highest BCUT2D eigenvalue weighted by Crippen LogP contribution is 2.24. The van der Waals surface area contributed by atoms with Gasteiger partial charge < -0.3 is 15.1 Å². The third-order valence-corrected chi connectivity index (χ3v) is 4.69. The normalized spacial score (nSPS) is 11.6. The number of furan rings is 1. The molecular weight excluding hydrogens is 352 g/mol. The molecule has 1 unspecified atom stereocenters. The number of aryl methyl sites for hydroxylation is 2. The van der Waals surface area contributed by atoms with Crippen molar-refractivity contribution in [1.82, 2.24) is 10.6 Å². The number of carbonyl (C=O) groups excluding carboxylic acids is 2. The number of carbonyl (C=O) groups is 2. The van der Waals surface area contributed by atoms with E-state index < -0.39 is 0 Å². The Morgan fingerprint density at radius 3 is 2.39 bits per heavy atom. The van der Waals surface area contributed by atoms with E-state index in [4.69, 9.17) is 4.42 Å². The Labute approximate surface area is 164 Å². The van der Waals surface area contributed by atoms with Crippen LogP contribution in [-0.4, -0.2) is 18.4 Å². The number of benzene rings is 2. The van der Waals surface area contributed by atoms with Gasteiger partial charge in [0, 0.05) is 13.0 Å². The monoisotopic (exact) mass is 376 g/mol. The van der Waals surface area contributed by atoms with Crippen molar-refractivity contribution < 1.29 is 14.0 Å². The molecule has 144 valence electrons. The summed E-state index contributed by atoms with van der Waals surface area (Å²) in [5.41, 5.74) is 4.43. The molecule has 3 aromatic rings. The van der Waals surface area contributed by atoms with Gasteiger partial charge in [-0.15, -0.1) is 0 Å². The molecule has 0 bridgehead atoms. The molecule has 0 radical (unpaired) electrons. The third-order valence-electron chi connectivity index (χ3n) is 4.69. The molecular formula is C23H24N2O3.